The topological polar surface area (TPSA) is 80.0 Å². The van der Waals surface area contributed by atoms with Gasteiger partial charge in [0.25, 0.3) is 5.91 Å². The molecule has 2 aromatic rings. The lowest BCUT2D eigenvalue weighted by atomic mass is 10.2. The van der Waals surface area contributed by atoms with Gasteiger partial charge in [-0.3, -0.25) is 4.79 Å². The maximum absolute atomic E-state index is 12.2. The van der Waals surface area contributed by atoms with Gasteiger partial charge in [-0.2, -0.15) is 0 Å². The van der Waals surface area contributed by atoms with Crippen molar-refractivity contribution in [1.82, 2.24) is 10.3 Å². The lowest BCUT2D eigenvalue weighted by Gasteiger charge is -2.05. The summed E-state index contributed by atoms with van der Waals surface area (Å²) in [6.07, 6.45) is 0.972. The molecule has 0 fully saturated rings. The third-order valence-electron chi connectivity index (χ3n) is 2.90. The number of aryl methyl sites for hydroxylation is 1. The van der Waals surface area contributed by atoms with Crippen molar-refractivity contribution in [2.24, 2.45) is 0 Å². The Bertz CT molecular complexity index is 618. The minimum Gasteiger partial charge on any atom is -0.382 e. The van der Waals surface area contributed by atoms with Gasteiger partial charge in [0, 0.05) is 10.9 Å². The number of thiophene rings is 1. The number of nitrogen functional groups attached to an aromatic ring is 1. The fourth-order valence-electron chi connectivity index (χ4n) is 1.88. The molecule has 2 rings (SSSR count). The predicted molar refractivity (Wildman–Crippen MR) is 90.2 cm³/mol. The van der Waals surface area contributed by atoms with E-state index in [1.54, 1.807) is 11.3 Å². The van der Waals surface area contributed by atoms with Gasteiger partial charge >= 0.3 is 0 Å². The van der Waals surface area contributed by atoms with Crippen LogP contribution in [0.3, 0.4) is 0 Å². The third-order valence-corrected chi connectivity index (χ3v) is 4.86. The molecule has 0 aliphatic carbocycles. The molecule has 4 N–H and O–H groups in total. The van der Waals surface area contributed by atoms with Crippen LogP contribution >= 0.6 is 22.7 Å². The number of hydrogen-bond acceptors (Lipinski definition) is 6. The van der Waals surface area contributed by atoms with Crippen LogP contribution in [-0.4, -0.2) is 16.9 Å². The highest BCUT2D eigenvalue weighted by Gasteiger charge is 2.16. The molecule has 0 atom stereocenters. The number of carbonyl (C=O) groups excluding carboxylic acids is 1. The minimum atomic E-state index is -0.169. The van der Waals surface area contributed by atoms with Gasteiger partial charge in [-0.25, -0.2) is 4.98 Å². The van der Waals surface area contributed by atoms with Gasteiger partial charge in [0.05, 0.1) is 6.54 Å². The summed E-state index contributed by atoms with van der Waals surface area (Å²) in [4.78, 5) is 18.0. The maximum Gasteiger partial charge on any atom is 0.265 e. The number of thiazole rings is 1. The summed E-state index contributed by atoms with van der Waals surface area (Å²) < 4.78 is 0. The Balaban J connectivity index is 2.02. The van der Waals surface area contributed by atoms with Gasteiger partial charge in [-0.15, -0.1) is 11.3 Å². The van der Waals surface area contributed by atoms with E-state index in [4.69, 9.17) is 5.73 Å². The first-order valence-corrected chi connectivity index (χ1v) is 8.57. The number of anilines is 2. The van der Waals surface area contributed by atoms with Crippen LogP contribution in [0.4, 0.5) is 10.9 Å². The van der Waals surface area contributed by atoms with Crippen molar-refractivity contribution in [2.75, 3.05) is 11.1 Å². The molecular formula is C14H20N4OS2. The highest BCUT2D eigenvalue weighted by molar-refractivity contribution is 7.18. The SMILES string of the molecule is CCc1ccsc1CNC(=O)c1sc(NC(C)C)nc1N. The lowest BCUT2D eigenvalue weighted by molar-refractivity contribution is 0.0956. The molecule has 2 heterocycles. The van der Waals surface area contributed by atoms with Crippen molar-refractivity contribution >= 4 is 39.5 Å². The molecule has 0 bridgehead atoms. The Kier molecular flexibility index (Phi) is 5.19. The van der Waals surface area contributed by atoms with Crippen LogP contribution in [0.25, 0.3) is 0 Å². The quantitative estimate of drug-likeness (QED) is 0.763. The average Bonchev–Trinajstić information content (AvgIpc) is 3.01. The Morgan fingerprint density at radius 2 is 2.24 bits per heavy atom. The van der Waals surface area contributed by atoms with E-state index in [1.807, 2.05) is 19.2 Å². The van der Waals surface area contributed by atoms with Crippen molar-refractivity contribution < 1.29 is 4.79 Å². The summed E-state index contributed by atoms with van der Waals surface area (Å²) in [6.45, 7) is 6.67. The molecule has 2 aromatic heterocycles. The van der Waals surface area contributed by atoms with Crippen LogP contribution in [0.2, 0.25) is 0 Å². The normalized spacial score (nSPS) is 10.9. The van der Waals surface area contributed by atoms with Crippen molar-refractivity contribution in [1.29, 1.82) is 0 Å². The summed E-state index contributed by atoms with van der Waals surface area (Å²) in [7, 11) is 0. The van der Waals surface area contributed by atoms with Gasteiger partial charge in [-0.1, -0.05) is 18.3 Å². The summed E-state index contributed by atoms with van der Waals surface area (Å²) in [5.74, 6) is 0.111. The van der Waals surface area contributed by atoms with E-state index in [9.17, 15) is 4.79 Å². The summed E-state index contributed by atoms with van der Waals surface area (Å²) in [6, 6.07) is 2.35. The Labute approximate surface area is 132 Å². The number of nitrogens with zero attached hydrogens (tertiary/aromatic N) is 1. The fourth-order valence-corrected chi connectivity index (χ4v) is 3.74. The monoisotopic (exact) mass is 324 g/mol. The van der Waals surface area contributed by atoms with Crippen LogP contribution in [0.5, 0.6) is 0 Å². The number of carbonyl (C=O) groups is 1. The van der Waals surface area contributed by atoms with Crippen molar-refractivity contribution in [3.8, 4) is 0 Å². The molecule has 0 aliphatic rings. The van der Waals surface area contributed by atoms with Gasteiger partial charge in [0.2, 0.25) is 0 Å². The zero-order valence-corrected chi connectivity index (χ0v) is 14.0. The Hall–Kier alpha value is -1.60. The number of hydrogen-bond donors (Lipinski definition) is 3. The van der Waals surface area contributed by atoms with E-state index in [-0.39, 0.29) is 17.8 Å². The van der Waals surface area contributed by atoms with E-state index in [1.165, 1.54) is 21.8 Å². The molecule has 0 aromatic carbocycles. The lowest BCUT2D eigenvalue weighted by Crippen LogP contribution is -2.22. The molecule has 0 spiro atoms. The minimum absolute atomic E-state index is 0.169. The van der Waals surface area contributed by atoms with E-state index >= 15 is 0 Å². The molecule has 0 saturated heterocycles. The summed E-state index contributed by atoms with van der Waals surface area (Å²) in [5.41, 5.74) is 7.10. The molecule has 21 heavy (non-hydrogen) atoms. The summed E-state index contributed by atoms with van der Waals surface area (Å²) >= 11 is 2.95. The zero-order chi connectivity index (χ0) is 15.4. The third kappa shape index (κ3) is 3.95. The second kappa shape index (κ2) is 6.91. The Morgan fingerprint density at radius 3 is 2.90 bits per heavy atom. The standard InChI is InChI=1S/C14H20N4OS2/c1-4-9-5-6-20-10(9)7-16-13(19)11-12(15)18-14(21-11)17-8(2)3/h5-6,8H,4,7,15H2,1-3H3,(H,16,19)(H,17,18). The molecule has 7 heteroatoms. The van der Waals surface area contributed by atoms with Crippen molar-refractivity contribution in [2.45, 2.75) is 39.8 Å². The smallest absolute Gasteiger partial charge is 0.265 e. The first-order chi connectivity index (χ1) is 10.0. The van der Waals surface area contributed by atoms with Crippen LogP contribution in [-0.2, 0) is 13.0 Å². The number of nitrogens with one attached hydrogen (secondary N) is 2. The molecule has 0 unspecified atom stereocenters. The molecule has 0 aliphatic heterocycles. The molecule has 0 saturated carbocycles. The van der Waals surface area contributed by atoms with E-state index < -0.39 is 0 Å². The number of nitrogens with two attached hydrogens (primary N) is 1. The van der Waals surface area contributed by atoms with Gasteiger partial charge in [-0.05, 0) is 37.3 Å². The predicted octanol–water partition coefficient (Wildman–Crippen LogP) is 3.10. The van der Waals surface area contributed by atoms with E-state index in [0.29, 0.717) is 16.6 Å². The van der Waals surface area contributed by atoms with E-state index in [0.717, 1.165) is 6.42 Å². The number of amides is 1. The van der Waals surface area contributed by atoms with Gasteiger partial charge in [0.15, 0.2) is 5.13 Å². The molecular weight excluding hydrogens is 304 g/mol. The second-order valence-electron chi connectivity index (χ2n) is 4.94. The number of rotatable bonds is 6. The van der Waals surface area contributed by atoms with Gasteiger partial charge < -0.3 is 16.4 Å². The number of aromatic nitrogens is 1. The van der Waals surface area contributed by atoms with Crippen LogP contribution in [0, 0.1) is 0 Å². The van der Waals surface area contributed by atoms with Gasteiger partial charge in [0.1, 0.15) is 10.7 Å². The first kappa shape index (κ1) is 15.8. The highest BCUT2D eigenvalue weighted by atomic mass is 32.1. The maximum atomic E-state index is 12.2. The average molecular weight is 324 g/mol. The molecule has 0 radical (unpaired) electrons. The first-order valence-electron chi connectivity index (χ1n) is 6.87. The summed E-state index contributed by atoms with van der Waals surface area (Å²) in [5, 5.41) is 8.80. The van der Waals surface area contributed by atoms with Crippen LogP contribution in [0.1, 0.15) is 40.9 Å². The van der Waals surface area contributed by atoms with Crippen molar-refractivity contribution in [3.05, 3.63) is 26.8 Å². The Morgan fingerprint density at radius 1 is 1.48 bits per heavy atom. The second-order valence-corrected chi connectivity index (χ2v) is 6.94. The fraction of sp³-hybridized carbons (Fsp3) is 0.429. The van der Waals surface area contributed by atoms with Crippen LogP contribution in [0.15, 0.2) is 11.4 Å². The molecule has 5 nitrogen and oxygen atoms in total. The molecule has 1 amide bonds. The van der Waals surface area contributed by atoms with E-state index in [2.05, 4.69) is 28.6 Å². The largest absolute Gasteiger partial charge is 0.382 e. The van der Waals surface area contributed by atoms with Crippen LogP contribution < -0.4 is 16.4 Å². The molecule has 114 valence electrons. The van der Waals surface area contributed by atoms with Crippen molar-refractivity contribution in [3.63, 3.8) is 0 Å². The highest BCUT2D eigenvalue weighted by Crippen LogP contribution is 2.25. The zero-order valence-electron chi connectivity index (χ0n) is 12.4.